The number of benzene rings is 2. The predicted octanol–water partition coefficient (Wildman–Crippen LogP) is 10.5. The van der Waals surface area contributed by atoms with Gasteiger partial charge in [0.15, 0.2) is 0 Å². The van der Waals surface area contributed by atoms with E-state index in [1.54, 1.807) is 0 Å². The van der Waals surface area contributed by atoms with Crippen molar-refractivity contribution >= 4 is 34.8 Å². The van der Waals surface area contributed by atoms with Gasteiger partial charge in [0.05, 0.1) is 0 Å². The lowest BCUT2D eigenvalue weighted by molar-refractivity contribution is 0.111. The molecule has 2 heterocycles. The second-order valence-electron chi connectivity index (χ2n) is 16.8. The molecule has 5 aliphatic rings. The van der Waals surface area contributed by atoms with Crippen LogP contribution in [0.3, 0.4) is 0 Å². The van der Waals surface area contributed by atoms with Gasteiger partial charge in [-0.1, -0.05) is 44.9 Å². The fourth-order valence-corrected chi connectivity index (χ4v) is 10.1. The number of nitrogens with zero attached hydrogens (tertiary/aromatic N) is 4. The van der Waals surface area contributed by atoms with Crippen LogP contribution in [0.5, 0.6) is 0 Å². The third-order valence-corrected chi connectivity index (χ3v) is 13.0. The molecule has 2 atom stereocenters. The molecular formula is C44H66N6O2. The lowest BCUT2D eigenvalue weighted by Gasteiger charge is -2.41. The first kappa shape index (κ1) is 36.9. The number of piperidine rings is 2. The van der Waals surface area contributed by atoms with Crippen LogP contribution in [0.1, 0.15) is 128 Å². The molecule has 7 rings (SSSR count). The highest BCUT2D eigenvalue weighted by Crippen LogP contribution is 2.35. The summed E-state index contributed by atoms with van der Waals surface area (Å²) in [7, 11) is 0. The van der Waals surface area contributed by atoms with Crippen LogP contribution in [0.2, 0.25) is 0 Å². The SMILES string of the molecule is O=C(Nc1ccc(N2CCCCC2)cc1)N(C[C@@H]1CCC[C@H](CN(C(=O)Nc2ccc(N3CCCCC3)cc2)C2CCCCC2)C1)C1CCCCC1. The summed E-state index contributed by atoms with van der Waals surface area (Å²) in [6.07, 6.45) is 24.1. The molecule has 8 heteroatoms. The van der Waals surface area contributed by atoms with E-state index in [-0.39, 0.29) is 12.1 Å². The Kier molecular flexibility index (Phi) is 13.2. The van der Waals surface area contributed by atoms with Crippen LogP contribution in [0.25, 0.3) is 0 Å². The van der Waals surface area contributed by atoms with Gasteiger partial charge in [-0.05, 0) is 144 Å². The summed E-state index contributed by atoms with van der Waals surface area (Å²) >= 11 is 0. The van der Waals surface area contributed by atoms with E-state index in [4.69, 9.17) is 0 Å². The van der Waals surface area contributed by atoms with Crippen LogP contribution < -0.4 is 20.4 Å². The van der Waals surface area contributed by atoms with Crippen LogP contribution in [-0.4, -0.2) is 73.2 Å². The maximum Gasteiger partial charge on any atom is 0.322 e. The first-order chi connectivity index (χ1) is 25.6. The van der Waals surface area contributed by atoms with E-state index in [1.165, 1.54) is 94.8 Å². The number of urea groups is 2. The minimum atomic E-state index is 0.0641. The molecule has 52 heavy (non-hydrogen) atoms. The van der Waals surface area contributed by atoms with Crippen LogP contribution >= 0.6 is 0 Å². The maximum absolute atomic E-state index is 14.1. The average Bonchev–Trinajstić information content (AvgIpc) is 3.21. The molecule has 3 aliphatic carbocycles. The van der Waals surface area contributed by atoms with Crippen LogP contribution in [0.15, 0.2) is 48.5 Å². The molecule has 2 aromatic rings. The summed E-state index contributed by atoms with van der Waals surface area (Å²) < 4.78 is 0. The standard InChI is InChI=1S/C44H66N6O2/c51-43(45-37-20-24-39(25-21-37)47-28-9-3-10-29-47)49(41-16-5-1-6-17-41)33-35-14-13-15-36(32-35)34-50(42-18-7-2-8-19-42)44(52)46-38-22-26-40(27-23-38)48-30-11-4-12-31-48/h20-27,35-36,41-42H,1-19,28-34H2,(H,45,51)(H,46,52)/t35-,36+. The zero-order valence-electron chi connectivity index (χ0n) is 31.9. The monoisotopic (exact) mass is 711 g/mol. The zero-order valence-corrected chi connectivity index (χ0v) is 31.9. The van der Waals surface area contributed by atoms with Gasteiger partial charge in [-0.2, -0.15) is 0 Å². The molecule has 2 aromatic carbocycles. The molecule has 2 aliphatic heterocycles. The highest BCUT2D eigenvalue weighted by Gasteiger charge is 2.34. The lowest BCUT2D eigenvalue weighted by atomic mass is 9.80. The number of carbonyl (C=O) groups excluding carboxylic acids is 2. The lowest BCUT2D eigenvalue weighted by Crippen LogP contribution is -2.48. The van der Waals surface area contributed by atoms with Gasteiger partial charge in [0.25, 0.3) is 0 Å². The van der Waals surface area contributed by atoms with Crippen molar-refractivity contribution in [2.24, 2.45) is 11.8 Å². The molecule has 2 N–H and O–H groups in total. The van der Waals surface area contributed by atoms with Gasteiger partial charge >= 0.3 is 12.1 Å². The Balaban J connectivity index is 0.982. The molecule has 0 aromatic heterocycles. The minimum absolute atomic E-state index is 0.0641. The van der Waals surface area contributed by atoms with Gasteiger partial charge in [-0.3, -0.25) is 0 Å². The van der Waals surface area contributed by atoms with Gasteiger partial charge in [0, 0.05) is 74.1 Å². The molecule has 0 bridgehead atoms. The van der Waals surface area contributed by atoms with Crippen molar-refractivity contribution in [3.63, 3.8) is 0 Å². The zero-order chi connectivity index (χ0) is 35.5. The summed E-state index contributed by atoms with van der Waals surface area (Å²) in [4.78, 5) is 37.5. The van der Waals surface area contributed by atoms with E-state index in [0.29, 0.717) is 23.9 Å². The van der Waals surface area contributed by atoms with Crippen molar-refractivity contribution in [2.45, 2.75) is 141 Å². The fraction of sp³-hybridized carbons (Fsp3) is 0.682. The number of hydrogen-bond donors (Lipinski definition) is 2. The predicted molar refractivity (Wildman–Crippen MR) is 216 cm³/mol. The molecule has 2 saturated heterocycles. The third kappa shape index (κ3) is 9.96. The molecule has 5 fully saturated rings. The number of anilines is 4. The van der Waals surface area contributed by atoms with Crippen LogP contribution in [0.4, 0.5) is 32.3 Å². The molecular weight excluding hydrogens is 645 g/mol. The Morgan fingerprint density at radius 2 is 0.846 bits per heavy atom. The second kappa shape index (κ2) is 18.6. The first-order valence-electron chi connectivity index (χ1n) is 21.4. The first-order valence-corrected chi connectivity index (χ1v) is 21.4. The van der Waals surface area contributed by atoms with E-state index in [1.807, 2.05) is 0 Å². The molecule has 8 nitrogen and oxygen atoms in total. The molecule has 284 valence electrons. The average molecular weight is 711 g/mol. The summed E-state index contributed by atoms with van der Waals surface area (Å²) in [6, 6.07) is 17.8. The number of hydrogen-bond acceptors (Lipinski definition) is 4. The number of amides is 4. The Bertz CT molecular complexity index is 1290. The topological polar surface area (TPSA) is 71.2 Å². The third-order valence-electron chi connectivity index (χ3n) is 13.0. The van der Waals surface area contributed by atoms with Crippen molar-refractivity contribution < 1.29 is 9.59 Å². The number of carbonyl (C=O) groups is 2. The maximum atomic E-state index is 14.1. The fourth-order valence-electron chi connectivity index (χ4n) is 10.1. The summed E-state index contributed by atoms with van der Waals surface area (Å²) in [6.45, 7) is 6.13. The second-order valence-corrected chi connectivity index (χ2v) is 16.8. The number of nitrogens with one attached hydrogen (secondary N) is 2. The van der Waals surface area contributed by atoms with Crippen molar-refractivity contribution in [3.05, 3.63) is 48.5 Å². The Morgan fingerprint density at radius 3 is 1.23 bits per heavy atom. The number of rotatable bonds is 10. The largest absolute Gasteiger partial charge is 0.372 e. The highest BCUT2D eigenvalue weighted by atomic mass is 16.2. The van der Waals surface area contributed by atoms with Gasteiger partial charge in [0.1, 0.15) is 0 Å². The van der Waals surface area contributed by atoms with Crippen molar-refractivity contribution in [2.75, 3.05) is 59.7 Å². The van der Waals surface area contributed by atoms with Gasteiger partial charge in [-0.25, -0.2) is 9.59 Å². The molecule has 3 saturated carbocycles. The highest BCUT2D eigenvalue weighted by molar-refractivity contribution is 5.90. The van der Waals surface area contributed by atoms with Crippen molar-refractivity contribution in [1.82, 2.24) is 9.80 Å². The molecule has 4 amide bonds. The van der Waals surface area contributed by atoms with E-state index in [9.17, 15) is 9.59 Å². The minimum Gasteiger partial charge on any atom is -0.372 e. The normalized spacial score (nSPS) is 23.5. The van der Waals surface area contributed by atoms with E-state index in [0.717, 1.165) is 95.6 Å². The van der Waals surface area contributed by atoms with Crippen molar-refractivity contribution in [3.8, 4) is 0 Å². The van der Waals surface area contributed by atoms with Crippen molar-refractivity contribution in [1.29, 1.82) is 0 Å². The van der Waals surface area contributed by atoms with Crippen LogP contribution in [0, 0.1) is 11.8 Å². The summed E-state index contributed by atoms with van der Waals surface area (Å²) in [5, 5.41) is 6.62. The quantitative estimate of drug-likeness (QED) is 0.258. The smallest absolute Gasteiger partial charge is 0.322 e. The van der Waals surface area contributed by atoms with Crippen LogP contribution in [-0.2, 0) is 0 Å². The Labute approximate surface area is 314 Å². The molecule has 0 unspecified atom stereocenters. The summed E-state index contributed by atoms with van der Waals surface area (Å²) in [5.74, 6) is 0.929. The molecule has 0 radical (unpaired) electrons. The van der Waals surface area contributed by atoms with Gasteiger partial charge < -0.3 is 30.2 Å². The van der Waals surface area contributed by atoms with Gasteiger partial charge in [-0.15, -0.1) is 0 Å². The Morgan fingerprint density at radius 1 is 0.481 bits per heavy atom. The van der Waals surface area contributed by atoms with E-state index >= 15 is 0 Å². The molecule has 0 spiro atoms. The van der Waals surface area contributed by atoms with E-state index in [2.05, 4.69) is 78.8 Å². The van der Waals surface area contributed by atoms with E-state index < -0.39 is 0 Å². The van der Waals surface area contributed by atoms with Gasteiger partial charge in [0.2, 0.25) is 0 Å². The Hall–Kier alpha value is -3.42. The summed E-state index contributed by atoms with van der Waals surface area (Å²) in [5.41, 5.74) is 4.31.